The van der Waals surface area contributed by atoms with Gasteiger partial charge in [-0.15, -0.1) is 0 Å². The van der Waals surface area contributed by atoms with Crippen LogP contribution in [0.5, 0.6) is 0 Å². The molecule has 1 aromatic heterocycles. The van der Waals surface area contributed by atoms with Crippen LogP contribution in [0.25, 0.3) is 0 Å². The molecule has 5 heteroatoms. The molecule has 0 saturated carbocycles. The Kier molecular flexibility index (Phi) is 2.38. The summed E-state index contributed by atoms with van der Waals surface area (Å²) < 4.78 is 1.74. The number of amides is 1. The molecule has 2 rings (SSSR count). The second-order valence-electron chi connectivity index (χ2n) is 3.98. The molecular formula is C10H15N3O2. The third-order valence-electron chi connectivity index (χ3n) is 2.91. The van der Waals surface area contributed by atoms with Crippen molar-refractivity contribution in [3.05, 3.63) is 17.5 Å². The van der Waals surface area contributed by atoms with Crippen molar-refractivity contribution in [1.29, 1.82) is 0 Å². The maximum absolute atomic E-state index is 11.0. The van der Waals surface area contributed by atoms with Crippen molar-refractivity contribution in [2.75, 3.05) is 6.54 Å². The van der Waals surface area contributed by atoms with Gasteiger partial charge in [0.15, 0.2) is 0 Å². The van der Waals surface area contributed by atoms with Crippen LogP contribution in [0, 0.1) is 6.92 Å². The van der Waals surface area contributed by atoms with E-state index in [1.165, 1.54) is 4.90 Å². The molecule has 15 heavy (non-hydrogen) atoms. The minimum absolute atomic E-state index is 0.00352. The number of carbonyl (C=O) groups is 1. The number of aromatic nitrogens is 2. The van der Waals surface area contributed by atoms with Crippen molar-refractivity contribution in [1.82, 2.24) is 14.7 Å². The van der Waals surface area contributed by atoms with Crippen LogP contribution >= 0.6 is 0 Å². The summed E-state index contributed by atoms with van der Waals surface area (Å²) in [6, 6.07) is -0.00352. The minimum atomic E-state index is -0.833. The average Bonchev–Trinajstić information content (AvgIpc) is 2.71. The smallest absolute Gasteiger partial charge is 0.407 e. The van der Waals surface area contributed by atoms with Crippen molar-refractivity contribution < 1.29 is 9.90 Å². The first kappa shape index (κ1) is 10.0. The Labute approximate surface area is 88.3 Å². The number of likely N-dealkylation sites (tertiary alicyclic amines) is 1. The van der Waals surface area contributed by atoms with Gasteiger partial charge in [-0.2, -0.15) is 5.10 Å². The van der Waals surface area contributed by atoms with Crippen LogP contribution in [0.2, 0.25) is 0 Å². The first-order valence-electron chi connectivity index (χ1n) is 5.09. The number of carboxylic acid groups (broad SMARTS) is 1. The first-order chi connectivity index (χ1) is 7.09. The molecule has 0 aromatic carbocycles. The van der Waals surface area contributed by atoms with Crippen LogP contribution in [-0.2, 0) is 7.05 Å². The highest BCUT2D eigenvalue weighted by Crippen LogP contribution is 2.33. The molecular weight excluding hydrogens is 194 g/mol. The highest BCUT2D eigenvalue weighted by atomic mass is 16.4. The van der Waals surface area contributed by atoms with E-state index in [1.54, 1.807) is 4.68 Å². The quantitative estimate of drug-likeness (QED) is 0.763. The van der Waals surface area contributed by atoms with Crippen molar-refractivity contribution in [3.8, 4) is 0 Å². The number of nitrogens with zero attached hydrogens (tertiary/aromatic N) is 3. The van der Waals surface area contributed by atoms with Crippen LogP contribution in [0.4, 0.5) is 4.79 Å². The van der Waals surface area contributed by atoms with E-state index in [-0.39, 0.29) is 6.04 Å². The lowest BCUT2D eigenvalue weighted by atomic mass is 10.1. The molecule has 1 amide bonds. The number of hydrogen-bond acceptors (Lipinski definition) is 2. The van der Waals surface area contributed by atoms with Crippen LogP contribution in [0.1, 0.15) is 30.1 Å². The van der Waals surface area contributed by atoms with Crippen LogP contribution in [0.3, 0.4) is 0 Å². The highest BCUT2D eigenvalue weighted by Gasteiger charge is 2.31. The second-order valence-corrected chi connectivity index (χ2v) is 3.98. The van der Waals surface area contributed by atoms with Gasteiger partial charge in [0.2, 0.25) is 0 Å². The van der Waals surface area contributed by atoms with Gasteiger partial charge in [0, 0.05) is 25.4 Å². The van der Waals surface area contributed by atoms with Gasteiger partial charge >= 0.3 is 6.09 Å². The van der Waals surface area contributed by atoms with Gasteiger partial charge < -0.3 is 10.0 Å². The SMILES string of the molecule is Cc1nn(C)cc1C1CCCN1C(=O)O. The molecule has 2 heterocycles. The van der Waals surface area contributed by atoms with Crippen molar-refractivity contribution >= 4 is 6.09 Å². The summed E-state index contributed by atoms with van der Waals surface area (Å²) in [5, 5.41) is 13.3. The molecule has 82 valence electrons. The Bertz CT molecular complexity index is 386. The summed E-state index contributed by atoms with van der Waals surface area (Å²) in [5.74, 6) is 0. The lowest BCUT2D eigenvalue weighted by Gasteiger charge is -2.20. The van der Waals surface area contributed by atoms with E-state index in [0.29, 0.717) is 6.54 Å². The average molecular weight is 209 g/mol. The largest absolute Gasteiger partial charge is 0.465 e. The fraction of sp³-hybridized carbons (Fsp3) is 0.600. The lowest BCUT2D eigenvalue weighted by Crippen LogP contribution is -2.28. The van der Waals surface area contributed by atoms with E-state index >= 15 is 0 Å². The summed E-state index contributed by atoms with van der Waals surface area (Å²) in [7, 11) is 1.86. The van der Waals surface area contributed by atoms with E-state index < -0.39 is 6.09 Å². The molecule has 1 fully saturated rings. The van der Waals surface area contributed by atoms with Gasteiger partial charge in [0.25, 0.3) is 0 Å². The molecule has 5 nitrogen and oxygen atoms in total. The summed E-state index contributed by atoms with van der Waals surface area (Å²) in [6.07, 6.45) is 2.92. The molecule has 0 radical (unpaired) electrons. The third-order valence-corrected chi connectivity index (χ3v) is 2.91. The van der Waals surface area contributed by atoms with E-state index in [9.17, 15) is 4.79 Å². The fourth-order valence-corrected chi connectivity index (χ4v) is 2.26. The molecule has 1 aliphatic heterocycles. The first-order valence-corrected chi connectivity index (χ1v) is 5.09. The Morgan fingerprint density at radius 2 is 2.40 bits per heavy atom. The topological polar surface area (TPSA) is 58.4 Å². The zero-order valence-corrected chi connectivity index (χ0v) is 8.97. The van der Waals surface area contributed by atoms with E-state index in [2.05, 4.69) is 5.10 Å². The standard InChI is InChI=1S/C10H15N3O2/c1-7-8(6-12(2)11-7)9-4-3-5-13(9)10(14)15/h6,9H,3-5H2,1-2H3,(H,14,15). The minimum Gasteiger partial charge on any atom is -0.465 e. The van der Waals surface area contributed by atoms with Crippen molar-refractivity contribution in [3.63, 3.8) is 0 Å². The number of rotatable bonds is 1. The van der Waals surface area contributed by atoms with Gasteiger partial charge in [-0.1, -0.05) is 0 Å². The monoisotopic (exact) mass is 209 g/mol. The molecule has 0 bridgehead atoms. The molecule has 1 N–H and O–H groups in total. The predicted molar refractivity (Wildman–Crippen MR) is 54.7 cm³/mol. The van der Waals surface area contributed by atoms with Gasteiger partial charge in [-0.05, 0) is 19.8 Å². The Hall–Kier alpha value is -1.52. The Morgan fingerprint density at radius 1 is 1.67 bits per heavy atom. The highest BCUT2D eigenvalue weighted by molar-refractivity contribution is 5.66. The van der Waals surface area contributed by atoms with E-state index in [0.717, 1.165) is 24.1 Å². The second kappa shape index (κ2) is 3.56. The Morgan fingerprint density at radius 3 is 2.93 bits per heavy atom. The van der Waals surface area contributed by atoms with Crippen molar-refractivity contribution in [2.45, 2.75) is 25.8 Å². The zero-order chi connectivity index (χ0) is 11.0. The fourth-order valence-electron chi connectivity index (χ4n) is 2.26. The zero-order valence-electron chi connectivity index (χ0n) is 8.97. The van der Waals surface area contributed by atoms with Crippen LogP contribution in [0.15, 0.2) is 6.20 Å². The maximum atomic E-state index is 11.0. The van der Waals surface area contributed by atoms with Gasteiger partial charge in [-0.25, -0.2) is 4.79 Å². The molecule has 1 aromatic rings. The Balaban J connectivity index is 2.30. The number of hydrogen-bond donors (Lipinski definition) is 1. The lowest BCUT2D eigenvalue weighted by molar-refractivity contribution is 0.140. The molecule has 1 aliphatic rings. The summed E-state index contributed by atoms with van der Waals surface area (Å²) in [6.45, 7) is 2.56. The van der Waals surface area contributed by atoms with E-state index in [1.807, 2.05) is 20.2 Å². The molecule has 1 unspecified atom stereocenters. The van der Waals surface area contributed by atoms with E-state index in [4.69, 9.17) is 5.11 Å². The molecule has 0 spiro atoms. The summed E-state index contributed by atoms with van der Waals surface area (Å²) in [4.78, 5) is 12.5. The molecule has 1 saturated heterocycles. The third kappa shape index (κ3) is 1.69. The normalized spacial score (nSPS) is 20.9. The molecule has 0 aliphatic carbocycles. The number of aryl methyl sites for hydroxylation is 2. The summed E-state index contributed by atoms with van der Waals surface area (Å²) >= 11 is 0. The van der Waals surface area contributed by atoms with Crippen LogP contribution < -0.4 is 0 Å². The maximum Gasteiger partial charge on any atom is 0.407 e. The van der Waals surface area contributed by atoms with Gasteiger partial charge in [0.1, 0.15) is 0 Å². The summed E-state index contributed by atoms with van der Waals surface area (Å²) in [5.41, 5.74) is 1.97. The predicted octanol–water partition coefficient (Wildman–Crippen LogP) is 1.54. The van der Waals surface area contributed by atoms with Crippen molar-refractivity contribution in [2.24, 2.45) is 7.05 Å². The van der Waals surface area contributed by atoms with Gasteiger partial charge in [0.05, 0.1) is 11.7 Å². The molecule has 1 atom stereocenters. The van der Waals surface area contributed by atoms with Crippen LogP contribution in [-0.4, -0.2) is 32.4 Å². The van der Waals surface area contributed by atoms with Gasteiger partial charge in [-0.3, -0.25) is 4.68 Å².